The molecule has 0 saturated heterocycles. The molecule has 0 aromatic carbocycles. The summed E-state index contributed by atoms with van der Waals surface area (Å²) in [6.45, 7) is 2.11. The molecule has 0 radical (unpaired) electrons. The van der Waals surface area contributed by atoms with E-state index in [4.69, 9.17) is 9.47 Å². The van der Waals surface area contributed by atoms with Crippen molar-refractivity contribution in [3.8, 4) is 0 Å². The third-order valence-corrected chi connectivity index (χ3v) is 1.05. The van der Waals surface area contributed by atoms with Gasteiger partial charge in [0.15, 0.2) is 5.79 Å². The van der Waals surface area contributed by atoms with Gasteiger partial charge in [0.05, 0.1) is 13.2 Å². The standard InChI is InChI=1S/C7H14F2O2/c1-7(2,10-5-3-8)11-6-4-9/h3-6H2,1-2H3. The van der Waals surface area contributed by atoms with Gasteiger partial charge in [0.25, 0.3) is 0 Å². The predicted molar refractivity (Wildman–Crippen MR) is 37.9 cm³/mol. The molecule has 0 aromatic heterocycles. The summed E-state index contributed by atoms with van der Waals surface area (Å²) in [6, 6.07) is 0. The van der Waals surface area contributed by atoms with Crippen LogP contribution >= 0.6 is 0 Å². The zero-order valence-electron chi connectivity index (χ0n) is 6.90. The van der Waals surface area contributed by atoms with Crippen LogP contribution in [0, 0.1) is 0 Å². The molecule has 0 saturated carbocycles. The zero-order chi connectivity index (χ0) is 8.74. The molecule has 0 N–H and O–H groups in total. The van der Waals surface area contributed by atoms with Crippen molar-refractivity contribution in [3.63, 3.8) is 0 Å². The Morgan fingerprint density at radius 2 is 1.36 bits per heavy atom. The van der Waals surface area contributed by atoms with E-state index >= 15 is 0 Å². The maximum atomic E-state index is 11.6. The van der Waals surface area contributed by atoms with Crippen molar-refractivity contribution in [3.05, 3.63) is 0 Å². The van der Waals surface area contributed by atoms with Gasteiger partial charge in [0, 0.05) is 0 Å². The molecule has 0 spiro atoms. The molecule has 2 nitrogen and oxygen atoms in total. The fourth-order valence-corrected chi connectivity index (χ4v) is 0.610. The van der Waals surface area contributed by atoms with Crippen LogP contribution in [0.4, 0.5) is 8.78 Å². The molecule has 0 fully saturated rings. The van der Waals surface area contributed by atoms with E-state index in [1.54, 1.807) is 13.8 Å². The fraction of sp³-hybridized carbons (Fsp3) is 1.00. The van der Waals surface area contributed by atoms with E-state index in [1.165, 1.54) is 0 Å². The van der Waals surface area contributed by atoms with Gasteiger partial charge in [-0.2, -0.15) is 0 Å². The monoisotopic (exact) mass is 168 g/mol. The van der Waals surface area contributed by atoms with Crippen LogP contribution in [-0.2, 0) is 9.47 Å². The summed E-state index contributed by atoms with van der Waals surface area (Å²) in [5.41, 5.74) is 0. The molecule has 0 atom stereocenters. The van der Waals surface area contributed by atoms with Crippen LogP contribution in [0.1, 0.15) is 13.8 Å². The van der Waals surface area contributed by atoms with Crippen LogP contribution < -0.4 is 0 Å². The first kappa shape index (κ1) is 10.8. The Morgan fingerprint density at radius 3 is 1.64 bits per heavy atom. The fourth-order valence-electron chi connectivity index (χ4n) is 0.610. The summed E-state index contributed by atoms with van der Waals surface area (Å²) >= 11 is 0. The summed E-state index contributed by atoms with van der Waals surface area (Å²) in [6.07, 6.45) is 0. The Kier molecular flexibility index (Phi) is 5.32. The number of alkyl halides is 2. The van der Waals surface area contributed by atoms with Gasteiger partial charge < -0.3 is 9.47 Å². The van der Waals surface area contributed by atoms with Crippen LogP contribution in [0.3, 0.4) is 0 Å². The Labute approximate surface area is 65.5 Å². The smallest absolute Gasteiger partial charge is 0.162 e. The first-order valence-corrected chi connectivity index (χ1v) is 3.52. The van der Waals surface area contributed by atoms with Gasteiger partial charge in [-0.25, -0.2) is 8.78 Å². The van der Waals surface area contributed by atoms with E-state index in [0.717, 1.165) is 0 Å². The molecule has 11 heavy (non-hydrogen) atoms. The first-order valence-electron chi connectivity index (χ1n) is 3.52. The van der Waals surface area contributed by atoms with Crippen LogP contribution in [-0.4, -0.2) is 32.4 Å². The lowest BCUT2D eigenvalue weighted by molar-refractivity contribution is -0.215. The molecule has 68 valence electrons. The van der Waals surface area contributed by atoms with E-state index in [-0.39, 0.29) is 13.2 Å². The molecule has 0 bridgehead atoms. The minimum Gasteiger partial charge on any atom is -0.348 e. The Morgan fingerprint density at radius 1 is 1.00 bits per heavy atom. The minimum atomic E-state index is -0.877. The molecule has 4 heteroatoms. The summed E-state index contributed by atoms with van der Waals surface area (Å²) in [5, 5.41) is 0. The second-order valence-electron chi connectivity index (χ2n) is 2.47. The van der Waals surface area contributed by atoms with Gasteiger partial charge in [-0.05, 0) is 13.8 Å². The molecule has 0 aliphatic rings. The number of hydrogen-bond acceptors (Lipinski definition) is 2. The molecule has 0 amide bonds. The van der Waals surface area contributed by atoms with Crippen molar-refractivity contribution < 1.29 is 18.3 Å². The topological polar surface area (TPSA) is 18.5 Å². The van der Waals surface area contributed by atoms with E-state index in [9.17, 15) is 8.78 Å². The molecule has 0 unspecified atom stereocenters. The zero-order valence-corrected chi connectivity index (χ0v) is 6.90. The van der Waals surface area contributed by atoms with Crippen LogP contribution in [0.25, 0.3) is 0 Å². The molecule has 0 heterocycles. The second-order valence-corrected chi connectivity index (χ2v) is 2.47. The second kappa shape index (κ2) is 5.43. The molecule has 0 aromatic rings. The minimum absolute atomic E-state index is 0.0146. The Balaban J connectivity index is 3.43. The van der Waals surface area contributed by atoms with Gasteiger partial charge in [-0.3, -0.25) is 0 Å². The largest absolute Gasteiger partial charge is 0.348 e. The van der Waals surface area contributed by atoms with Gasteiger partial charge in [0.1, 0.15) is 13.3 Å². The Bertz CT molecular complexity index is 86.4. The highest BCUT2D eigenvalue weighted by atomic mass is 19.1. The lowest BCUT2D eigenvalue weighted by Crippen LogP contribution is -2.30. The van der Waals surface area contributed by atoms with E-state index in [2.05, 4.69) is 0 Å². The lowest BCUT2D eigenvalue weighted by atomic mass is 10.4. The number of hydrogen-bond donors (Lipinski definition) is 0. The average molecular weight is 168 g/mol. The third kappa shape index (κ3) is 6.19. The van der Waals surface area contributed by atoms with E-state index < -0.39 is 19.1 Å². The van der Waals surface area contributed by atoms with Crippen molar-refractivity contribution in [2.75, 3.05) is 26.6 Å². The highest BCUT2D eigenvalue weighted by Crippen LogP contribution is 2.10. The van der Waals surface area contributed by atoms with Crippen molar-refractivity contribution in [2.24, 2.45) is 0 Å². The molecule has 0 rings (SSSR count). The molecule has 0 aliphatic carbocycles. The first-order chi connectivity index (χ1) is 5.12. The molecular weight excluding hydrogens is 154 g/mol. The maximum Gasteiger partial charge on any atom is 0.162 e. The highest BCUT2D eigenvalue weighted by Gasteiger charge is 2.17. The van der Waals surface area contributed by atoms with E-state index in [0.29, 0.717) is 0 Å². The number of halogens is 2. The predicted octanol–water partition coefficient (Wildman–Crippen LogP) is 1.69. The van der Waals surface area contributed by atoms with Crippen LogP contribution in [0.5, 0.6) is 0 Å². The van der Waals surface area contributed by atoms with Gasteiger partial charge in [-0.1, -0.05) is 0 Å². The average Bonchev–Trinajstić information content (AvgIpc) is 1.97. The third-order valence-electron chi connectivity index (χ3n) is 1.05. The van der Waals surface area contributed by atoms with Crippen LogP contribution in [0.15, 0.2) is 0 Å². The van der Waals surface area contributed by atoms with Crippen molar-refractivity contribution >= 4 is 0 Å². The van der Waals surface area contributed by atoms with Gasteiger partial charge in [-0.15, -0.1) is 0 Å². The van der Waals surface area contributed by atoms with Crippen molar-refractivity contribution in [2.45, 2.75) is 19.6 Å². The molecular formula is C7H14F2O2. The normalized spacial score (nSPS) is 12.0. The highest BCUT2D eigenvalue weighted by molar-refractivity contribution is 4.52. The summed E-state index contributed by atoms with van der Waals surface area (Å²) < 4.78 is 33.0. The lowest BCUT2D eigenvalue weighted by Gasteiger charge is -2.24. The van der Waals surface area contributed by atoms with Gasteiger partial charge >= 0.3 is 0 Å². The van der Waals surface area contributed by atoms with Gasteiger partial charge in [0.2, 0.25) is 0 Å². The van der Waals surface area contributed by atoms with Crippen molar-refractivity contribution in [1.82, 2.24) is 0 Å². The van der Waals surface area contributed by atoms with E-state index in [1.807, 2.05) is 0 Å². The SMILES string of the molecule is CC(C)(OCCF)OCCF. The summed E-state index contributed by atoms with van der Waals surface area (Å²) in [4.78, 5) is 0. The molecule has 0 aliphatic heterocycles. The maximum absolute atomic E-state index is 11.6. The number of rotatable bonds is 6. The number of ether oxygens (including phenoxy) is 2. The summed E-state index contributed by atoms with van der Waals surface area (Å²) in [7, 11) is 0. The quantitative estimate of drug-likeness (QED) is 0.562. The van der Waals surface area contributed by atoms with Crippen molar-refractivity contribution in [1.29, 1.82) is 0 Å². The van der Waals surface area contributed by atoms with Crippen LogP contribution in [0.2, 0.25) is 0 Å². The summed E-state index contributed by atoms with van der Waals surface area (Å²) in [5.74, 6) is -0.877. The Hall–Kier alpha value is -0.220.